The van der Waals surface area contributed by atoms with Gasteiger partial charge in [-0.1, -0.05) is 22.9 Å². The van der Waals surface area contributed by atoms with Crippen molar-refractivity contribution in [3.63, 3.8) is 0 Å². The topological polar surface area (TPSA) is 20.3 Å². The molecule has 0 radical (unpaired) electrons. The average Bonchev–Trinajstić information content (AvgIpc) is 2.17. The number of alkyl halides is 1. The van der Waals surface area contributed by atoms with E-state index in [1.54, 1.807) is 0 Å². The van der Waals surface area contributed by atoms with Crippen molar-refractivity contribution >= 4 is 21.8 Å². The molecule has 1 aliphatic heterocycles. The predicted octanol–water partition coefficient (Wildman–Crippen LogP) is 1.64. The van der Waals surface area contributed by atoms with Crippen molar-refractivity contribution < 1.29 is 4.79 Å². The van der Waals surface area contributed by atoms with Crippen molar-refractivity contribution in [3.05, 3.63) is 0 Å². The van der Waals surface area contributed by atoms with Gasteiger partial charge in [0.25, 0.3) is 0 Å². The monoisotopic (exact) mass is 219 g/mol. The summed E-state index contributed by atoms with van der Waals surface area (Å²) in [6, 6.07) is 0.440. The number of rotatable bonds is 2. The van der Waals surface area contributed by atoms with Gasteiger partial charge in [-0.25, -0.2) is 0 Å². The van der Waals surface area contributed by atoms with Gasteiger partial charge in [-0.15, -0.1) is 0 Å². The lowest BCUT2D eigenvalue weighted by atomic mass is 10.1. The van der Waals surface area contributed by atoms with E-state index in [2.05, 4.69) is 22.9 Å². The smallest absolute Gasteiger partial charge is 0.225 e. The third kappa shape index (κ3) is 1.75. The van der Waals surface area contributed by atoms with E-state index in [9.17, 15) is 4.79 Å². The molecule has 11 heavy (non-hydrogen) atoms. The van der Waals surface area contributed by atoms with Crippen molar-refractivity contribution in [1.29, 1.82) is 0 Å². The van der Waals surface area contributed by atoms with E-state index in [4.69, 9.17) is 0 Å². The van der Waals surface area contributed by atoms with Crippen LogP contribution in [0.2, 0.25) is 0 Å². The van der Waals surface area contributed by atoms with Crippen LogP contribution in [-0.4, -0.2) is 28.7 Å². The fourth-order valence-electron chi connectivity index (χ4n) is 1.66. The molecule has 2 atom stereocenters. The lowest BCUT2D eigenvalue weighted by Gasteiger charge is -2.19. The van der Waals surface area contributed by atoms with Gasteiger partial charge in [0, 0.05) is 23.8 Å². The van der Waals surface area contributed by atoms with Crippen molar-refractivity contribution in [1.82, 2.24) is 4.90 Å². The second kappa shape index (κ2) is 3.57. The van der Waals surface area contributed by atoms with Gasteiger partial charge in [-0.2, -0.15) is 0 Å². The zero-order chi connectivity index (χ0) is 8.43. The Hall–Kier alpha value is -0.0500. The summed E-state index contributed by atoms with van der Waals surface area (Å²) >= 11 is 3.34. The molecular weight excluding hydrogens is 206 g/mol. The highest BCUT2D eigenvalue weighted by atomic mass is 79.9. The highest BCUT2D eigenvalue weighted by molar-refractivity contribution is 9.09. The molecule has 1 rings (SSSR count). The van der Waals surface area contributed by atoms with Gasteiger partial charge in [-0.05, 0) is 13.3 Å². The Labute approximate surface area is 76.1 Å². The van der Waals surface area contributed by atoms with E-state index in [0.29, 0.717) is 11.9 Å². The lowest BCUT2D eigenvalue weighted by molar-refractivity contribution is -0.131. The summed E-state index contributed by atoms with van der Waals surface area (Å²) in [7, 11) is 0. The Morgan fingerprint density at radius 1 is 1.64 bits per heavy atom. The molecule has 1 amide bonds. The molecule has 1 fully saturated rings. The standard InChI is InChI=1S/C8H14BrNO/c1-6-5-7(2)10(4-3-9)8(6)11/h6-7H,3-5H2,1-2H3. The molecule has 0 saturated carbocycles. The molecule has 3 heteroatoms. The summed E-state index contributed by atoms with van der Waals surface area (Å²) in [6.07, 6.45) is 1.02. The fourth-order valence-corrected chi connectivity index (χ4v) is 2.04. The first-order chi connectivity index (χ1) is 5.16. The van der Waals surface area contributed by atoms with Crippen LogP contribution in [0.1, 0.15) is 20.3 Å². The summed E-state index contributed by atoms with van der Waals surface area (Å²) < 4.78 is 0. The molecule has 64 valence electrons. The Morgan fingerprint density at radius 2 is 2.27 bits per heavy atom. The molecular formula is C8H14BrNO. The zero-order valence-electron chi connectivity index (χ0n) is 7.01. The van der Waals surface area contributed by atoms with E-state index in [1.165, 1.54) is 0 Å². The molecule has 0 aromatic heterocycles. The van der Waals surface area contributed by atoms with Crippen LogP contribution in [0.4, 0.5) is 0 Å². The number of carbonyl (C=O) groups is 1. The summed E-state index contributed by atoms with van der Waals surface area (Å²) in [5, 5.41) is 0.885. The van der Waals surface area contributed by atoms with Gasteiger partial charge in [0.2, 0.25) is 5.91 Å². The van der Waals surface area contributed by atoms with Gasteiger partial charge < -0.3 is 4.90 Å². The number of carbonyl (C=O) groups excluding carboxylic acids is 1. The van der Waals surface area contributed by atoms with Crippen LogP contribution in [0.25, 0.3) is 0 Å². The maximum atomic E-state index is 11.4. The van der Waals surface area contributed by atoms with Gasteiger partial charge in [0.05, 0.1) is 0 Å². The zero-order valence-corrected chi connectivity index (χ0v) is 8.60. The van der Waals surface area contributed by atoms with E-state index >= 15 is 0 Å². The first kappa shape index (κ1) is 9.04. The van der Waals surface area contributed by atoms with Crippen molar-refractivity contribution in [2.24, 2.45) is 5.92 Å². The van der Waals surface area contributed by atoms with Gasteiger partial charge in [0.15, 0.2) is 0 Å². The average molecular weight is 220 g/mol. The third-order valence-corrected chi connectivity index (χ3v) is 2.61. The number of hydrogen-bond donors (Lipinski definition) is 0. The van der Waals surface area contributed by atoms with Crippen LogP contribution in [0.5, 0.6) is 0 Å². The molecule has 0 spiro atoms. The van der Waals surface area contributed by atoms with Crippen molar-refractivity contribution in [3.8, 4) is 0 Å². The Kier molecular flexibility index (Phi) is 2.93. The number of nitrogens with zero attached hydrogens (tertiary/aromatic N) is 1. The first-order valence-corrected chi connectivity index (χ1v) is 5.15. The van der Waals surface area contributed by atoms with Gasteiger partial charge >= 0.3 is 0 Å². The quantitative estimate of drug-likeness (QED) is 0.648. The Bertz CT molecular complexity index is 160. The molecule has 1 aliphatic rings. The molecule has 0 aromatic rings. The minimum atomic E-state index is 0.240. The van der Waals surface area contributed by atoms with Gasteiger partial charge in [-0.3, -0.25) is 4.79 Å². The Morgan fingerprint density at radius 3 is 2.64 bits per heavy atom. The highest BCUT2D eigenvalue weighted by Crippen LogP contribution is 2.23. The second-order valence-electron chi connectivity index (χ2n) is 3.21. The lowest BCUT2D eigenvalue weighted by Crippen LogP contribution is -2.33. The highest BCUT2D eigenvalue weighted by Gasteiger charge is 2.32. The Balaban J connectivity index is 2.56. The summed E-state index contributed by atoms with van der Waals surface area (Å²) in [5.41, 5.74) is 0. The fraction of sp³-hybridized carbons (Fsp3) is 0.875. The first-order valence-electron chi connectivity index (χ1n) is 4.03. The van der Waals surface area contributed by atoms with E-state index < -0.39 is 0 Å². The largest absolute Gasteiger partial charge is 0.339 e. The molecule has 1 saturated heterocycles. The van der Waals surface area contributed by atoms with E-state index in [0.717, 1.165) is 18.3 Å². The summed E-state index contributed by atoms with van der Waals surface area (Å²) in [6.45, 7) is 4.97. The molecule has 2 nitrogen and oxygen atoms in total. The van der Waals surface area contributed by atoms with Crippen molar-refractivity contribution in [2.45, 2.75) is 26.3 Å². The maximum Gasteiger partial charge on any atom is 0.225 e. The molecule has 0 N–H and O–H groups in total. The van der Waals surface area contributed by atoms with Crippen molar-refractivity contribution in [2.75, 3.05) is 11.9 Å². The molecule has 0 aromatic carbocycles. The molecule has 0 bridgehead atoms. The number of halogens is 1. The summed E-state index contributed by atoms with van der Waals surface area (Å²) in [5.74, 6) is 0.556. The van der Waals surface area contributed by atoms with Gasteiger partial charge in [0.1, 0.15) is 0 Å². The minimum absolute atomic E-state index is 0.240. The number of hydrogen-bond acceptors (Lipinski definition) is 1. The molecule has 2 unspecified atom stereocenters. The second-order valence-corrected chi connectivity index (χ2v) is 4.00. The van der Waals surface area contributed by atoms with E-state index in [1.807, 2.05) is 11.8 Å². The maximum absolute atomic E-state index is 11.4. The summed E-state index contributed by atoms with van der Waals surface area (Å²) in [4.78, 5) is 13.4. The van der Waals surface area contributed by atoms with Crippen LogP contribution in [0.3, 0.4) is 0 Å². The van der Waals surface area contributed by atoms with Crippen LogP contribution in [0, 0.1) is 5.92 Å². The number of amides is 1. The molecule has 1 heterocycles. The normalized spacial score (nSPS) is 31.5. The molecule has 0 aliphatic carbocycles. The minimum Gasteiger partial charge on any atom is -0.339 e. The van der Waals surface area contributed by atoms with Crippen LogP contribution in [0.15, 0.2) is 0 Å². The van der Waals surface area contributed by atoms with Crippen LogP contribution >= 0.6 is 15.9 Å². The SMILES string of the molecule is CC1CC(C)N(CCBr)C1=O. The predicted molar refractivity (Wildman–Crippen MR) is 48.8 cm³/mol. The van der Waals surface area contributed by atoms with Crippen LogP contribution in [-0.2, 0) is 4.79 Å². The van der Waals surface area contributed by atoms with Crippen LogP contribution < -0.4 is 0 Å². The number of likely N-dealkylation sites (tertiary alicyclic amines) is 1. The van der Waals surface area contributed by atoms with E-state index in [-0.39, 0.29) is 5.92 Å². The third-order valence-electron chi connectivity index (χ3n) is 2.26.